The Labute approximate surface area is 305 Å². The number of halogens is 19. The van der Waals surface area contributed by atoms with Crippen molar-refractivity contribution in [2.45, 2.75) is 85.7 Å². The zero-order chi connectivity index (χ0) is 44.3. The maximum atomic E-state index is 14.0. The molecule has 0 aliphatic rings. The third kappa shape index (κ3) is 9.39. The summed E-state index contributed by atoms with van der Waals surface area (Å²) in [6, 6.07) is 10.2. The Bertz CT molecular complexity index is 1690. The second kappa shape index (κ2) is 16.7. The summed E-state index contributed by atoms with van der Waals surface area (Å²) < 4.78 is 270. The van der Waals surface area contributed by atoms with Crippen molar-refractivity contribution in [2.75, 3.05) is 13.2 Å². The fourth-order valence-electron chi connectivity index (χ4n) is 4.33. The van der Waals surface area contributed by atoms with Gasteiger partial charge in [0.05, 0.1) is 30.8 Å². The summed E-state index contributed by atoms with van der Waals surface area (Å²) in [6.45, 7) is -2.16. The van der Waals surface area contributed by atoms with E-state index < -0.39 is 90.9 Å². The van der Waals surface area contributed by atoms with Gasteiger partial charge in [-0.3, -0.25) is 4.79 Å². The average molecular weight is 868 g/mol. The van der Waals surface area contributed by atoms with Gasteiger partial charge in [-0.1, -0.05) is 0 Å². The maximum absolute atomic E-state index is 14.0. The molecule has 0 aromatic heterocycles. The van der Waals surface area contributed by atoms with E-state index in [1.165, 1.54) is 48.5 Å². The number of esters is 2. The van der Waals surface area contributed by atoms with Gasteiger partial charge in [-0.15, -0.1) is 0 Å². The Morgan fingerprint density at radius 2 is 0.947 bits per heavy atom. The Morgan fingerprint density at radius 1 is 0.509 bits per heavy atom. The van der Waals surface area contributed by atoms with Crippen LogP contribution in [0.25, 0.3) is 0 Å². The Balaban J connectivity index is 1.91. The molecule has 0 aliphatic heterocycles. The molecule has 0 radical (unpaired) electrons. The molecule has 0 heterocycles. The molecule has 0 unspecified atom stereocenters. The summed E-state index contributed by atoms with van der Waals surface area (Å²) in [5.74, 6) is -53.9. The van der Waals surface area contributed by atoms with Gasteiger partial charge in [-0.2, -0.15) is 79.0 Å². The van der Waals surface area contributed by atoms with Gasteiger partial charge < -0.3 is 19.3 Å². The number of unbranched alkanes of at least 4 members (excludes halogenated alkanes) is 2. The second-order valence-electron chi connectivity index (χ2n) is 11.6. The van der Waals surface area contributed by atoms with Crippen LogP contribution in [0.4, 0.5) is 83.4 Å². The van der Waals surface area contributed by atoms with Crippen LogP contribution >= 0.6 is 0 Å². The van der Waals surface area contributed by atoms with Crippen LogP contribution in [0.1, 0.15) is 52.8 Å². The lowest BCUT2D eigenvalue weighted by Gasteiger charge is -2.45. The van der Waals surface area contributed by atoms with Crippen LogP contribution in [-0.4, -0.2) is 89.8 Å². The van der Waals surface area contributed by atoms with Gasteiger partial charge in [-0.25, -0.2) is 14.0 Å². The Kier molecular flexibility index (Phi) is 14.2. The number of carbonyl (C=O) groups excluding carboxylic acids is 2. The summed E-state index contributed by atoms with van der Waals surface area (Å²) in [5, 5.41) is 8.88. The van der Waals surface area contributed by atoms with E-state index >= 15 is 0 Å². The fourth-order valence-corrected chi connectivity index (χ4v) is 4.33. The van der Waals surface area contributed by atoms with Crippen molar-refractivity contribution in [3.05, 3.63) is 59.7 Å². The van der Waals surface area contributed by atoms with Crippen molar-refractivity contribution in [2.24, 2.45) is 0 Å². The quantitative estimate of drug-likeness (QED) is 0.0650. The molecule has 0 spiro atoms. The first-order chi connectivity index (χ1) is 25.6. The molecule has 0 bridgehead atoms. The molecule has 57 heavy (non-hydrogen) atoms. The van der Waals surface area contributed by atoms with Crippen molar-refractivity contribution in [3.63, 3.8) is 0 Å². The number of hydrogen-bond donors (Lipinski definition) is 1. The zero-order valence-electron chi connectivity index (χ0n) is 27.6. The van der Waals surface area contributed by atoms with E-state index in [4.69, 9.17) is 14.6 Å². The van der Waals surface area contributed by atoms with Crippen LogP contribution in [0.2, 0.25) is 0 Å². The number of alkyl halides is 19. The minimum absolute atomic E-state index is 0.0427. The number of rotatable bonds is 19. The number of ether oxygens (including phenoxy) is 3. The zero-order valence-corrected chi connectivity index (χ0v) is 27.6. The van der Waals surface area contributed by atoms with Crippen molar-refractivity contribution in [1.29, 1.82) is 0 Å². The van der Waals surface area contributed by atoms with Crippen LogP contribution in [0.3, 0.4) is 0 Å². The minimum atomic E-state index is -9.11. The van der Waals surface area contributed by atoms with Crippen molar-refractivity contribution in [3.8, 4) is 11.5 Å². The molecule has 2 aromatic rings. The third-order valence-electron chi connectivity index (χ3n) is 7.63. The number of carbonyl (C=O) groups is 3. The smallest absolute Gasteiger partial charge is 0.438 e. The monoisotopic (exact) mass is 868 g/mol. The van der Waals surface area contributed by atoms with Gasteiger partial charge in [-0.05, 0) is 67.8 Å². The number of hydrogen-bond acceptors (Lipinski definition) is 6. The van der Waals surface area contributed by atoms with Crippen molar-refractivity contribution >= 4 is 17.9 Å². The Morgan fingerprint density at radius 3 is 1.42 bits per heavy atom. The molecule has 0 amide bonds. The number of aromatic carboxylic acids is 1. The van der Waals surface area contributed by atoms with Crippen LogP contribution in [0, 0.1) is 0 Å². The highest BCUT2D eigenvalue weighted by Crippen LogP contribution is 2.66. The molecule has 0 atom stereocenters. The molecule has 0 fully saturated rings. The Hall–Kier alpha value is -4.68. The maximum Gasteiger partial charge on any atom is 0.438 e. The number of benzene rings is 2. The molecule has 0 saturated carbocycles. The number of carboxylic acid groups (broad SMARTS) is 1. The molecular formula is C31H23F19O7. The highest BCUT2D eigenvalue weighted by atomic mass is 19.4. The van der Waals surface area contributed by atoms with Gasteiger partial charge >= 0.3 is 71.5 Å². The van der Waals surface area contributed by atoms with Gasteiger partial charge in [0.1, 0.15) is 11.5 Å². The van der Waals surface area contributed by atoms with E-state index in [-0.39, 0.29) is 48.5 Å². The van der Waals surface area contributed by atoms with E-state index in [0.717, 1.165) is 0 Å². The van der Waals surface area contributed by atoms with Crippen molar-refractivity contribution < 1.29 is 117 Å². The van der Waals surface area contributed by atoms with Crippen molar-refractivity contribution in [1.82, 2.24) is 0 Å². The molecule has 7 nitrogen and oxygen atoms in total. The first-order valence-corrected chi connectivity index (χ1v) is 15.2. The van der Waals surface area contributed by atoms with Crippen LogP contribution in [-0.2, 0) is 9.53 Å². The molecule has 1 N–H and O–H groups in total. The molecule has 26 heteroatoms. The van der Waals surface area contributed by atoms with E-state index in [0.29, 0.717) is 0 Å². The van der Waals surface area contributed by atoms with Crippen LogP contribution in [0.5, 0.6) is 11.5 Å². The van der Waals surface area contributed by atoms with E-state index in [1.807, 2.05) is 0 Å². The molecule has 322 valence electrons. The highest BCUT2D eigenvalue weighted by Gasteiger charge is 2.98. The summed E-state index contributed by atoms with van der Waals surface area (Å²) in [4.78, 5) is 34.8. The first-order valence-electron chi connectivity index (χ1n) is 15.2. The predicted octanol–water partition coefficient (Wildman–Crippen LogP) is 10.1. The predicted molar refractivity (Wildman–Crippen MR) is 150 cm³/mol. The van der Waals surface area contributed by atoms with Gasteiger partial charge in [0.2, 0.25) is 0 Å². The van der Waals surface area contributed by atoms with Crippen LogP contribution in [0.15, 0.2) is 48.5 Å². The second-order valence-corrected chi connectivity index (χ2v) is 11.6. The van der Waals surface area contributed by atoms with E-state index in [1.54, 1.807) is 0 Å². The third-order valence-corrected chi connectivity index (χ3v) is 7.63. The summed E-state index contributed by atoms with van der Waals surface area (Å²) >= 11 is 0. The fraction of sp³-hybridized carbons (Fsp3) is 0.516. The molecular weight excluding hydrogens is 845 g/mol. The van der Waals surface area contributed by atoms with Crippen LogP contribution < -0.4 is 9.47 Å². The summed E-state index contributed by atoms with van der Waals surface area (Å²) in [6.07, 6.45) is -20.4. The van der Waals surface area contributed by atoms with Gasteiger partial charge in [0.25, 0.3) is 0 Å². The topological polar surface area (TPSA) is 99.1 Å². The number of carboxylic acids is 1. The average Bonchev–Trinajstić information content (AvgIpc) is 3.08. The first kappa shape index (κ1) is 48.5. The highest BCUT2D eigenvalue weighted by molar-refractivity contribution is 5.91. The summed E-state index contributed by atoms with van der Waals surface area (Å²) in [5.41, 5.74) is -8.82. The lowest BCUT2D eigenvalue weighted by Crippen LogP contribution is -2.77. The molecule has 0 saturated heterocycles. The van der Waals surface area contributed by atoms with Gasteiger partial charge in [0.15, 0.2) is 0 Å². The lowest BCUT2D eigenvalue weighted by molar-refractivity contribution is -0.472. The van der Waals surface area contributed by atoms with Gasteiger partial charge in [0, 0.05) is 6.42 Å². The normalized spacial score (nSPS) is 13.9. The largest absolute Gasteiger partial charge is 0.494 e. The van der Waals surface area contributed by atoms with E-state index in [2.05, 4.69) is 4.74 Å². The molecule has 2 aromatic carbocycles. The molecule has 0 aliphatic carbocycles. The summed E-state index contributed by atoms with van der Waals surface area (Å²) in [7, 11) is 0. The lowest BCUT2D eigenvalue weighted by atomic mass is 9.83. The standard InChI is InChI=1S/C31H23F19O7/c32-23(33,25(35,36)27(39,40)29(43,44)28(41,42)26(37,38)24(34,30(45,46)47)31(48,49)50)13-15-56-20(51)4-2-1-3-14-55-18-9-7-17(8-10-18)22(54)57-19-11-5-16(6-12-19)21(52)53/h5-12H,1-4,13-15H2,(H,52,53). The minimum Gasteiger partial charge on any atom is -0.494 e. The SMILES string of the molecule is O=C(CCCCCOc1ccc(C(=O)Oc2ccc(C(=O)O)cc2)cc1)OCCC(F)(F)C(F)(F)C(F)(F)C(F)(F)C(F)(F)C(F)(F)C(F)(C(F)(F)F)C(F)(F)F. The van der Waals surface area contributed by atoms with E-state index in [9.17, 15) is 97.8 Å². The molecule has 2 rings (SSSR count).